The maximum absolute atomic E-state index is 13.1. The van der Waals surface area contributed by atoms with E-state index in [2.05, 4.69) is 31.4 Å². The van der Waals surface area contributed by atoms with Crippen molar-refractivity contribution in [2.45, 2.75) is 6.54 Å². The molecule has 7 nitrogen and oxygen atoms in total. The number of amides is 2. The molecular formula is C26H24BrN5O2. The van der Waals surface area contributed by atoms with E-state index in [1.165, 1.54) is 0 Å². The Labute approximate surface area is 205 Å². The highest BCUT2D eigenvalue weighted by molar-refractivity contribution is 9.10. The summed E-state index contributed by atoms with van der Waals surface area (Å²) < 4.78 is 0.939. The number of fused-ring (bicyclic) bond motifs is 1. The molecule has 0 spiro atoms. The highest BCUT2D eigenvalue weighted by atomic mass is 79.9. The second-order valence-corrected chi connectivity index (χ2v) is 9.18. The van der Waals surface area contributed by atoms with Gasteiger partial charge in [0.2, 0.25) is 0 Å². The first-order valence-corrected chi connectivity index (χ1v) is 12.0. The summed E-state index contributed by atoms with van der Waals surface area (Å²) in [5, 5.41) is 11.7. The summed E-state index contributed by atoms with van der Waals surface area (Å²) in [5.41, 5.74) is 3.29. The van der Waals surface area contributed by atoms with Gasteiger partial charge in [0.1, 0.15) is 0 Å². The van der Waals surface area contributed by atoms with Crippen molar-refractivity contribution < 1.29 is 9.59 Å². The first-order chi connectivity index (χ1) is 16.6. The molecule has 1 saturated heterocycles. The Morgan fingerprint density at radius 1 is 0.853 bits per heavy atom. The standard InChI is InChI=1S/C26H24BrN5O2/c27-21-10-8-19(9-11-21)25(33)31-12-14-32(15-13-31)26(34)20-5-3-4-18(16-20)17-28-24-22-6-1-2-7-23(22)29-30-24/h1-11,16H,12-15,17H2,(H2,28,29,30). The molecule has 172 valence electrons. The summed E-state index contributed by atoms with van der Waals surface area (Å²) in [7, 11) is 0. The van der Waals surface area contributed by atoms with Gasteiger partial charge >= 0.3 is 0 Å². The monoisotopic (exact) mass is 517 g/mol. The smallest absolute Gasteiger partial charge is 0.253 e. The second kappa shape index (κ2) is 9.69. The zero-order valence-electron chi connectivity index (χ0n) is 18.5. The Balaban J connectivity index is 1.19. The van der Waals surface area contributed by atoms with E-state index in [4.69, 9.17) is 0 Å². The second-order valence-electron chi connectivity index (χ2n) is 8.26. The van der Waals surface area contributed by atoms with Crippen molar-refractivity contribution in [3.05, 3.63) is 94.0 Å². The maximum Gasteiger partial charge on any atom is 0.253 e. The van der Waals surface area contributed by atoms with Gasteiger partial charge in [-0.2, -0.15) is 5.10 Å². The predicted octanol–water partition coefficient (Wildman–Crippen LogP) is 4.54. The van der Waals surface area contributed by atoms with Gasteiger partial charge in [0, 0.05) is 53.7 Å². The number of hydrogen-bond acceptors (Lipinski definition) is 4. The summed E-state index contributed by atoms with van der Waals surface area (Å²) in [6.45, 7) is 2.64. The van der Waals surface area contributed by atoms with Crippen LogP contribution in [-0.2, 0) is 6.54 Å². The van der Waals surface area contributed by atoms with Crippen LogP contribution < -0.4 is 5.32 Å². The lowest BCUT2D eigenvalue weighted by molar-refractivity contribution is 0.0535. The highest BCUT2D eigenvalue weighted by Gasteiger charge is 2.25. The van der Waals surface area contributed by atoms with E-state index >= 15 is 0 Å². The van der Waals surface area contributed by atoms with Crippen LogP contribution in [0.4, 0.5) is 5.82 Å². The van der Waals surface area contributed by atoms with E-state index in [0.717, 1.165) is 26.8 Å². The lowest BCUT2D eigenvalue weighted by atomic mass is 10.1. The number of aromatic amines is 1. The first-order valence-electron chi connectivity index (χ1n) is 11.2. The Bertz CT molecular complexity index is 1330. The predicted molar refractivity (Wildman–Crippen MR) is 136 cm³/mol. The van der Waals surface area contributed by atoms with E-state index in [-0.39, 0.29) is 11.8 Å². The van der Waals surface area contributed by atoms with Crippen molar-refractivity contribution in [3.63, 3.8) is 0 Å². The minimum atomic E-state index is -0.0113. The molecule has 1 fully saturated rings. The van der Waals surface area contributed by atoms with Gasteiger partial charge in [-0.05, 0) is 54.1 Å². The van der Waals surface area contributed by atoms with Crippen molar-refractivity contribution >= 4 is 44.5 Å². The van der Waals surface area contributed by atoms with E-state index in [9.17, 15) is 9.59 Å². The summed E-state index contributed by atoms with van der Waals surface area (Å²) in [6.07, 6.45) is 0. The molecule has 8 heteroatoms. The number of carbonyl (C=O) groups excluding carboxylic acids is 2. The van der Waals surface area contributed by atoms with Crippen molar-refractivity contribution in [2.75, 3.05) is 31.5 Å². The molecule has 0 unspecified atom stereocenters. The van der Waals surface area contributed by atoms with Crippen LogP contribution in [0.3, 0.4) is 0 Å². The SMILES string of the molecule is O=C(c1ccc(Br)cc1)N1CCN(C(=O)c2cccc(CNc3n[nH]c4ccccc34)c2)CC1. The average molecular weight is 518 g/mol. The van der Waals surface area contributed by atoms with Crippen LogP contribution in [0, 0.1) is 0 Å². The molecule has 34 heavy (non-hydrogen) atoms. The van der Waals surface area contributed by atoms with Crippen LogP contribution in [0.5, 0.6) is 0 Å². The van der Waals surface area contributed by atoms with Gasteiger partial charge in [-0.15, -0.1) is 0 Å². The fourth-order valence-corrected chi connectivity index (χ4v) is 4.43. The summed E-state index contributed by atoms with van der Waals surface area (Å²) in [5.74, 6) is 0.778. The van der Waals surface area contributed by atoms with Gasteiger partial charge in [0.25, 0.3) is 11.8 Å². The van der Waals surface area contributed by atoms with Crippen LogP contribution in [0.1, 0.15) is 26.3 Å². The number of nitrogens with zero attached hydrogens (tertiary/aromatic N) is 3. The zero-order chi connectivity index (χ0) is 23.5. The normalized spacial score (nSPS) is 13.8. The fraction of sp³-hybridized carbons (Fsp3) is 0.192. The van der Waals surface area contributed by atoms with Gasteiger partial charge in [0.15, 0.2) is 5.82 Å². The van der Waals surface area contributed by atoms with E-state index in [1.54, 1.807) is 0 Å². The molecular weight excluding hydrogens is 494 g/mol. The van der Waals surface area contributed by atoms with Gasteiger partial charge in [-0.25, -0.2) is 0 Å². The quantitative estimate of drug-likeness (QED) is 0.407. The molecule has 0 radical (unpaired) electrons. The number of carbonyl (C=O) groups is 2. The number of aromatic nitrogens is 2. The number of piperazine rings is 1. The van der Waals surface area contributed by atoms with E-state index < -0.39 is 0 Å². The van der Waals surface area contributed by atoms with Crippen molar-refractivity contribution in [2.24, 2.45) is 0 Å². The molecule has 5 rings (SSSR count). The number of hydrogen-bond donors (Lipinski definition) is 2. The number of anilines is 1. The number of H-pyrrole nitrogens is 1. The molecule has 0 saturated carbocycles. The zero-order valence-corrected chi connectivity index (χ0v) is 20.1. The van der Waals surface area contributed by atoms with E-state index in [0.29, 0.717) is 43.9 Å². The molecule has 0 aliphatic carbocycles. The molecule has 1 aliphatic rings. The minimum absolute atomic E-state index is 0.00133. The molecule has 0 atom stereocenters. The van der Waals surface area contributed by atoms with E-state index in [1.807, 2.05) is 82.6 Å². The largest absolute Gasteiger partial charge is 0.364 e. The summed E-state index contributed by atoms with van der Waals surface area (Å²) in [4.78, 5) is 29.5. The molecule has 0 bridgehead atoms. The first kappa shape index (κ1) is 22.2. The molecule has 2 amide bonds. The van der Waals surface area contributed by atoms with Crippen molar-refractivity contribution in [3.8, 4) is 0 Å². The maximum atomic E-state index is 13.1. The number of para-hydroxylation sites is 1. The minimum Gasteiger partial charge on any atom is -0.364 e. The number of rotatable bonds is 5. The average Bonchev–Trinajstić information content (AvgIpc) is 3.30. The van der Waals surface area contributed by atoms with Crippen molar-refractivity contribution in [1.29, 1.82) is 0 Å². The van der Waals surface area contributed by atoms with Gasteiger partial charge in [0.05, 0.1) is 5.52 Å². The van der Waals surface area contributed by atoms with Crippen LogP contribution >= 0.6 is 15.9 Å². The summed E-state index contributed by atoms with van der Waals surface area (Å²) >= 11 is 3.39. The van der Waals surface area contributed by atoms with Crippen LogP contribution in [0.25, 0.3) is 10.9 Å². The summed E-state index contributed by atoms with van der Waals surface area (Å²) in [6, 6.07) is 23.0. The number of benzene rings is 3. The van der Waals surface area contributed by atoms with Crippen molar-refractivity contribution in [1.82, 2.24) is 20.0 Å². The van der Waals surface area contributed by atoms with Crippen LogP contribution in [0.15, 0.2) is 77.3 Å². The van der Waals surface area contributed by atoms with Gasteiger partial charge < -0.3 is 15.1 Å². The third kappa shape index (κ3) is 4.68. The topological polar surface area (TPSA) is 81.3 Å². The molecule has 2 heterocycles. The number of nitrogens with one attached hydrogen (secondary N) is 2. The Morgan fingerprint density at radius 3 is 2.26 bits per heavy atom. The third-order valence-electron chi connectivity index (χ3n) is 6.05. The third-order valence-corrected chi connectivity index (χ3v) is 6.58. The Kier molecular flexibility index (Phi) is 6.31. The van der Waals surface area contributed by atoms with Gasteiger partial charge in [-0.3, -0.25) is 14.7 Å². The van der Waals surface area contributed by atoms with Gasteiger partial charge in [-0.1, -0.05) is 40.2 Å². The van der Waals surface area contributed by atoms with Crippen LogP contribution in [-0.4, -0.2) is 58.0 Å². The lowest BCUT2D eigenvalue weighted by Gasteiger charge is -2.35. The molecule has 4 aromatic rings. The lowest BCUT2D eigenvalue weighted by Crippen LogP contribution is -2.50. The molecule has 3 aromatic carbocycles. The molecule has 1 aromatic heterocycles. The Hall–Kier alpha value is -3.65. The molecule has 2 N–H and O–H groups in total. The highest BCUT2D eigenvalue weighted by Crippen LogP contribution is 2.21. The number of halogens is 1. The Morgan fingerprint density at radius 2 is 1.53 bits per heavy atom. The fourth-order valence-electron chi connectivity index (χ4n) is 4.17. The van der Waals surface area contributed by atoms with Crippen LogP contribution in [0.2, 0.25) is 0 Å². The molecule has 1 aliphatic heterocycles.